The topological polar surface area (TPSA) is 24.3 Å². The number of benzene rings is 1. The summed E-state index contributed by atoms with van der Waals surface area (Å²) < 4.78 is 1.93. The molecule has 0 spiro atoms. The van der Waals surface area contributed by atoms with Gasteiger partial charge >= 0.3 is 0 Å². The first-order chi connectivity index (χ1) is 13.7. The number of anilines is 1. The van der Waals surface area contributed by atoms with Gasteiger partial charge in [-0.25, -0.2) is 4.68 Å². The molecule has 1 aromatic carbocycles. The highest BCUT2D eigenvalue weighted by Gasteiger charge is 2.17. The number of piperazine rings is 1. The Morgan fingerprint density at radius 2 is 1.61 bits per heavy atom. The summed E-state index contributed by atoms with van der Waals surface area (Å²) >= 11 is 0. The molecule has 0 saturated carbocycles. The SMILES string of the molecule is CCC.Cc1cnn(-c2ccc(N3CCN(CC4=CCCC=C4)CC3)cc2)c1. The maximum Gasteiger partial charge on any atom is 0.0647 e. The van der Waals surface area contributed by atoms with Gasteiger partial charge in [-0.05, 0) is 55.2 Å². The van der Waals surface area contributed by atoms with Crippen molar-refractivity contribution in [2.45, 2.75) is 40.0 Å². The first-order valence-corrected chi connectivity index (χ1v) is 10.6. The molecule has 1 saturated heterocycles. The van der Waals surface area contributed by atoms with Gasteiger partial charge in [0.1, 0.15) is 0 Å². The van der Waals surface area contributed by atoms with E-state index in [2.05, 4.69) is 84.4 Å². The number of aromatic nitrogens is 2. The first kappa shape index (κ1) is 20.4. The van der Waals surface area contributed by atoms with Gasteiger partial charge in [0.05, 0.1) is 11.9 Å². The van der Waals surface area contributed by atoms with Gasteiger partial charge in [0, 0.05) is 44.6 Å². The standard InChI is InChI=1S/C21H26N4.C3H8/c1-18-15-22-25(16-18)21-9-7-20(8-10-21)24-13-11-23(12-14-24)17-19-5-3-2-4-6-19;1-3-2/h3,5-10,15-16H,2,4,11-14,17H2,1H3;3H2,1-2H3. The molecule has 150 valence electrons. The fourth-order valence-electron chi connectivity index (χ4n) is 3.58. The van der Waals surface area contributed by atoms with E-state index in [9.17, 15) is 0 Å². The number of rotatable bonds is 4. The number of allylic oxidation sites excluding steroid dienone is 2. The van der Waals surface area contributed by atoms with Crippen LogP contribution in [0.4, 0.5) is 5.69 Å². The molecule has 0 radical (unpaired) electrons. The van der Waals surface area contributed by atoms with Crippen LogP contribution in [0.1, 0.15) is 38.7 Å². The largest absolute Gasteiger partial charge is 0.369 e. The van der Waals surface area contributed by atoms with Crippen molar-refractivity contribution in [1.82, 2.24) is 14.7 Å². The molecule has 0 N–H and O–H groups in total. The highest BCUT2D eigenvalue weighted by atomic mass is 15.3. The van der Waals surface area contributed by atoms with Gasteiger partial charge in [-0.15, -0.1) is 0 Å². The third-order valence-electron chi connectivity index (χ3n) is 5.04. The molecule has 2 aromatic rings. The van der Waals surface area contributed by atoms with Crippen molar-refractivity contribution >= 4 is 5.69 Å². The lowest BCUT2D eigenvalue weighted by molar-refractivity contribution is 0.279. The van der Waals surface area contributed by atoms with Crippen LogP contribution in [0.25, 0.3) is 5.69 Å². The molecule has 2 aliphatic rings. The van der Waals surface area contributed by atoms with Gasteiger partial charge in [-0.3, -0.25) is 4.90 Å². The maximum atomic E-state index is 4.38. The average Bonchev–Trinajstić information content (AvgIpc) is 3.17. The fourth-order valence-corrected chi connectivity index (χ4v) is 3.58. The van der Waals surface area contributed by atoms with Crippen molar-refractivity contribution < 1.29 is 0 Å². The number of hydrogen-bond acceptors (Lipinski definition) is 3. The Balaban J connectivity index is 0.000000706. The molecule has 1 aromatic heterocycles. The molecule has 0 amide bonds. The van der Waals surface area contributed by atoms with E-state index in [1.807, 2.05) is 10.9 Å². The lowest BCUT2D eigenvalue weighted by Gasteiger charge is -2.36. The molecule has 2 heterocycles. The van der Waals surface area contributed by atoms with Crippen LogP contribution in [0.3, 0.4) is 0 Å². The Morgan fingerprint density at radius 1 is 0.929 bits per heavy atom. The van der Waals surface area contributed by atoms with Crippen LogP contribution in [0, 0.1) is 6.92 Å². The monoisotopic (exact) mass is 378 g/mol. The molecule has 4 rings (SSSR count). The zero-order chi connectivity index (χ0) is 19.8. The van der Waals surface area contributed by atoms with Gasteiger partial charge in [-0.2, -0.15) is 5.10 Å². The summed E-state index contributed by atoms with van der Waals surface area (Å²) in [5.41, 5.74) is 5.09. The summed E-state index contributed by atoms with van der Waals surface area (Å²) in [6.07, 6.45) is 14.6. The molecule has 1 aliphatic carbocycles. The number of nitrogens with zero attached hydrogens (tertiary/aromatic N) is 4. The number of hydrogen-bond donors (Lipinski definition) is 0. The highest BCUT2D eigenvalue weighted by molar-refractivity contribution is 5.51. The zero-order valence-electron chi connectivity index (χ0n) is 17.6. The Kier molecular flexibility index (Phi) is 7.49. The maximum absolute atomic E-state index is 4.38. The van der Waals surface area contributed by atoms with Crippen LogP contribution in [-0.4, -0.2) is 47.4 Å². The van der Waals surface area contributed by atoms with E-state index in [0.717, 1.165) is 38.4 Å². The van der Waals surface area contributed by atoms with Crippen LogP contribution < -0.4 is 4.90 Å². The predicted molar refractivity (Wildman–Crippen MR) is 119 cm³/mol. The van der Waals surface area contributed by atoms with Crippen LogP contribution in [-0.2, 0) is 0 Å². The number of aryl methyl sites for hydroxylation is 1. The molecule has 4 nitrogen and oxygen atoms in total. The molecule has 0 bridgehead atoms. The van der Waals surface area contributed by atoms with Gasteiger partial charge in [-0.1, -0.05) is 38.5 Å². The summed E-state index contributed by atoms with van der Waals surface area (Å²) in [5, 5.41) is 4.38. The molecular weight excluding hydrogens is 344 g/mol. The van der Waals surface area contributed by atoms with Crippen molar-refractivity contribution in [2.24, 2.45) is 0 Å². The highest BCUT2D eigenvalue weighted by Crippen LogP contribution is 2.20. The van der Waals surface area contributed by atoms with Crippen molar-refractivity contribution in [1.29, 1.82) is 0 Å². The summed E-state index contributed by atoms with van der Waals surface area (Å²) in [5.74, 6) is 0. The molecule has 28 heavy (non-hydrogen) atoms. The minimum atomic E-state index is 1.09. The Bertz CT molecular complexity index is 777. The van der Waals surface area contributed by atoms with Crippen LogP contribution in [0.2, 0.25) is 0 Å². The molecule has 1 fully saturated rings. The summed E-state index contributed by atoms with van der Waals surface area (Å²) in [4.78, 5) is 5.05. The third-order valence-corrected chi connectivity index (χ3v) is 5.04. The average molecular weight is 379 g/mol. The van der Waals surface area contributed by atoms with E-state index in [1.165, 1.54) is 36.1 Å². The minimum Gasteiger partial charge on any atom is -0.369 e. The predicted octanol–water partition coefficient (Wildman–Crippen LogP) is 5.00. The minimum absolute atomic E-state index is 1.09. The van der Waals surface area contributed by atoms with E-state index in [4.69, 9.17) is 0 Å². The van der Waals surface area contributed by atoms with E-state index >= 15 is 0 Å². The van der Waals surface area contributed by atoms with Gasteiger partial charge < -0.3 is 4.90 Å². The van der Waals surface area contributed by atoms with Gasteiger partial charge in [0.15, 0.2) is 0 Å². The first-order valence-electron chi connectivity index (χ1n) is 10.6. The molecule has 1 aliphatic heterocycles. The summed E-state index contributed by atoms with van der Waals surface area (Å²) in [6, 6.07) is 8.75. The lowest BCUT2D eigenvalue weighted by Crippen LogP contribution is -2.46. The lowest BCUT2D eigenvalue weighted by atomic mass is 10.1. The van der Waals surface area contributed by atoms with E-state index < -0.39 is 0 Å². The second-order valence-electron chi connectivity index (χ2n) is 7.71. The van der Waals surface area contributed by atoms with Crippen molar-refractivity contribution in [3.63, 3.8) is 0 Å². The van der Waals surface area contributed by atoms with Crippen LogP contribution in [0.5, 0.6) is 0 Å². The Labute approximate surface area is 170 Å². The Hall–Kier alpha value is -2.33. The third kappa shape index (κ3) is 5.59. The quantitative estimate of drug-likeness (QED) is 0.749. The molecule has 0 unspecified atom stereocenters. The van der Waals surface area contributed by atoms with Crippen LogP contribution >= 0.6 is 0 Å². The zero-order valence-corrected chi connectivity index (χ0v) is 17.6. The molecule has 0 atom stereocenters. The van der Waals surface area contributed by atoms with E-state index in [1.54, 1.807) is 0 Å². The molecule has 4 heteroatoms. The van der Waals surface area contributed by atoms with E-state index in [-0.39, 0.29) is 0 Å². The van der Waals surface area contributed by atoms with Crippen molar-refractivity contribution in [3.8, 4) is 5.69 Å². The Morgan fingerprint density at radius 3 is 2.18 bits per heavy atom. The fraction of sp³-hybridized carbons (Fsp3) is 0.458. The molecular formula is C24H34N4. The normalized spacial score (nSPS) is 17.1. The smallest absolute Gasteiger partial charge is 0.0647 e. The second-order valence-corrected chi connectivity index (χ2v) is 7.71. The van der Waals surface area contributed by atoms with E-state index in [0.29, 0.717) is 0 Å². The van der Waals surface area contributed by atoms with Crippen molar-refractivity contribution in [2.75, 3.05) is 37.6 Å². The van der Waals surface area contributed by atoms with Gasteiger partial charge in [0.2, 0.25) is 0 Å². The van der Waals surface area contributed by atoms with Crippen LogP contribution in [0.15, 0.2) is 60.5 Å². The van der Waals surface area contributed by atoms with Gasteiger partial charge in [0.25, 0.3) is 0 Å². The second kappa shape index (κ2) is 10.3. The van der Waals surface area contributed by atoms with Crippen molar-refractivity contribution in [3.05, 3.63) is 66.0 Å². The summed E-state index contributed by atoms with van der Waals surface area (Å²) in [6.45, 7) is 11.9. The summed E-state index contributed by atoms with van der Waals surface area (Å²) in [7, 11) is 0.